The van der Waals surface area contributed by atoms with Crippen LogP contribution < -0.4 is 4.90 Å². The van der Waals surface area contributed by atoms with Crippen molar-refractivity contribution in [1.82, 2.24) is 14.9 Å². The number of fused-ring (bicyclic) bond motifs is 1. The van der Waals surface area contributed by atoms with Crippen molar-refractivity contribution < 1.29 is 9.53 Å². The topological polar surface area (TPSA) is 58.6 Å². The first kappa shape index (κ1) is 16.0. The number of amides is 1. The molecule has 25 heavy (non-hydrogen) atoms. The summed E-state index contributed by atoms with van der Waals surface area (Å²) in [6.07, 6.45) is 4.94. The standard InChI is InChI=1S/C19H22N4O2/c1-22(13-14-6-2-4-9-20-14)19(24)17-12-15-16(25-17)8-11-23(15)18-7-3-5-10-21-18/h2-7,9-10,15-17H,8,11-13H2,1H3/t15-,16-,17-/m0/s1. The highest BCUT2D eigenvalue weighted by molar-refractivity contribution is 5.81. The van der Waals surface area contributed by atoms with E-state index in [-0.39, 0.29) is 24.2 Å². The lowest BCUT2D eigenvalue weighted by atomic mass is 10.1. The van der Waals surface area contributed by atoms with Crippen LogP contribution in [0.5, 0.6) is 0 Å². The second-order valence-corrected chi connectivity index (χ2v) is 6.65. The summed E-state index contributed by atoms with van der Waals surface area (Å²) in [5.74, 6) is 0.995. The Morgan fingerprint density at radius 1 is 1.24 bits per heavy atom. The first-order valence-corrected chi connectivity index (χ1v) is 8.70. The van der Waals surface area contributed by atoms with E-state index >= 15 is 0 Å². The predicted molar refractivity (Wildman–Crippen MR) is 94.0 cm³/mol. The van der Waals surface area contributed by atoms with E-state index in [9.17, 15) is 4.79 Å². The molecule has 0 aliphatic carbocycles. The molecule has 2 fully saturated rings. The fourth-order valence-electron chi connectivity index (χ4n) is 3.77. The maximum Gasteiger partial charge on any atom is 0.251 e. The van der Waals surface area contributed by atoms with Crippen LogP contribution in [0.25, 0.3) is 0 Å². The summed E-state index contributed by atoms with van der Waals surface area (Å²) in [5, 5.41) is 0. The largest absolute Gasteiger partial charge is 0.363 e. The molecular weight excluding hydrogens is 316 g/mol. The Bertz CT molecular complexity index is 725. The molecule has 0 N–H and O–H groups in total. The van der Waals surface area contributed by atoms with Gasteiger partial charge < -0.3 is 14.5 Å². The Hall–Kier alpha value is -2.47. The minimum absolute atomic E-state index is 0.0287. The van der Waals surface area contributed by atoms with Crippen molar-refractivity contribution in [2.45, 2.75) is 37.6 Å². The number of likely N-dealkylation sites (N-methyl/N-ethyl adjacent to an activating group) is 1. The molecule has 130 valence electrons. The smallest absolute Gasteiger partial charge is 0.251 e. The highest BCUT2D eigenvalue weighted by Crippen LogP contribution is 2.35. The predicted octanol–water partition coefficient (Wildman–Crippen LogP) is 1.87. The lowest BCUT2D eigenvalue weighted by molar-refractivity contribution is -0.142. The summed E-state index contributed by atoms with van der Waals surface area (Å²) in [6.45, 7) is 1.43. The fourth-order valence-corrected chi connectivity index (χ4v) is 3.77. The lowest BCUT2D eigenvalue weighted by Gasteiger charge is -2.24. The number of hydrogen-bond acceptors (Lipinski definition) is 5. The Morgan fingerprint density at radius 3 is 2.76 bits per heavy atom. The van der Waals surface area contributed by atoms with Crippen LogP contribution in [-0.2, 0) is 16.1 Å². The van der Waals surface area contributed by atoms with Crippen LogP contribution in [0.4, 0.5) is 5.82 Å². The molecule has 2 aromatic rings. The van der Waals surface area contributed by atoms with Crippen molar-refractivity contribution in [2.75, 3.05) is 18.5 Å². The molecule has 2 aromatic heterocycles. The fraction of sp³-hybridized carbons (Fsp3) is 0.421. The summed E-state index contributed by atoms with van der Waals surface area (Å²) < 4.78 is 6.08. The molecule has 2 saturated heterocycles. The number of hydrogen-bond donors (Lipinski definition) is 0. The van der Waals surface area contributed by atoms with E-state index in [4.69, 9.17) is 4.74 Å². The van der Waals surface area contributed by atoms with Crippen LogP contribution in [0, 0.1) is 0 Å². The quantitative estimate of drug-likeness (QED) is 0.852. The van der Waals surface area contributed by atoms with E-state index in [1.807, 2.05) is 49.6 Å². The average molecular weight is 338 g/mol. The van der Waals surface area contributed by atoms with Crippen LogP contribution >= 0.6 is 0 Å². The van der Waals surface area contributed by atoms with Gasteiger partial charge in [0.05, 0.1) is 24.4 Å². The van der Waals surface area contributed by atoms with E-state index in [1.54, 1.807) is 11.1 Å². The van der Waals surface area contributed by atoms with Crippen LogP contribution in [0.15, 0.2) is 48.8 Å². The van der Waals surface area contributed by atoms with Crippen LogP contribution in [0.1, 0.15) is 18.5 Å². The molecule has 4 rings (SSSR count). The van der Waals surface area contributed by atoms with Gasteiger partial charge in [0.2, 0.25) is 0 Å². The Balaban J connectivity index is 1.41. The SMILES string of the molecule is CN(Cc1ccccn1)C(=O)[C@@H]1C[C@H]2[C@H](CCN2c2ccccn2)O1. The molecule has 3 atom stereocenters. The number of rotatable bonds is 4. The molecule has 4 heterocycles. The Labute approximate surface area is 147 Å². The first-order valence-electron chi connectivity index (χ1n) is 8.70. The number of carbonyl (C=O) groups excluding carboxylic acids is 1. The molecule has 0 unspecified atom stereocenters. The minimum Gasteiger partial charge on any atom is -0.363 e. The maximum atomic E-state index is 12.8. The van der Waals surface area contributed by atoms with Gasteiger partial charge in [-0.2, -0.15) is 0 Å². The zero-order chi connectivity index (χ0) is 17.2. The van der Waals surface area contributed by atoms with Crippen molar-refractivity contribution in [3.63, 3.8) is 0 Å². The average Bonchev–Trinajstić information content (AvgIpc) is 3.23. The van der Waals surface area contributed by atoms with E-state index in [0.717, 1.165) is 24.5 Å². The number of anilines is 1. The van der Waals surface area contributed by atoms with Crippen molar-refractivity contribution >= 4 is 11.7 Å². The van der Waals surface area contributed by atoms with Crippen molar-refractivity contribution in [3.05, 3.63) is 54.5 Å². The summed E-state index contributed by atoms with van der Waals surface area (Å²) in [5.41, 5.74) is 0.881. The number of nitrogens with zero attached hydrogens (tertiary/aromatic N) is 4. The van der Waals surface area contributed by atoms with Gasteiger partial charge >= 0.3 is 0 Å². The molecule has 0 aromatic carbocycles. The zero-order valence-corrected chi connectivity index (χ0v) is 14.3. The summed E-state index contributed by atoms with van der Waals surface area (Å²) >= 11 is 0. The van der Waals surface area contributed by atoms with Gasteiger partial charge in [-0.25, -0.2) is 4.98 Å². The minimum atomic E-state index is -0.379. The molecule has 0 bridgehead atoms. The highest BCUT2D eigenvalue weighted by atomic mass is 16.5. The zero-order valence-electron chi connectivity index (χ0n) is 14.3. The van der Waals surface area contributed by atoms with E-state index in [1.165, 1.54) is 0 Å². The molecule has 6 nitrogen and oxygen atoms in total. The van der Waals surface area contributed by atoms with E-state index in [0.29, 0.717) is 13.0 Å². The molecule has 2 aliphatic heterocycles. The molecule has 0 radical (unpaired) electrons. The van der Waals surface area contributed by atoms with Gasteiger partial charge in [0.15, 0.2) is 0 Å². The van der Waals surface area contributed by atoms with Gasteiger partial charge in [-0.15, -0.1) is 0 Å². The summed E-state index contributed by atoms with van der Waals surface area (Å²) in [7, 11) is 1.81. The van der Waals surface area contributed by atoms with Gasteiger partial charge in [0.25, 0.3) is 5.91 Å². The normalized spacial score (nSPS) is 25.0. The first-order chi connectivity index (χ1) is 12.2. The number of aromatic nitrogens is 2. The van der Waals surface area contributed by atoms with Crippen molar-refractivity contribution in [3.8, 4) is 0 Å². The summed E-state index contributed by atoms with van der Waals surface area (Å²) in [6, 6.07) is 11.9. The molecule has 6 heteroatoms. The molecule has 1 amide bonds. The van der Waals surface area contributed by atoms with Crippen LogP contribution in [-0.4, -0.2) is 52.6 Å². The highest BCUT2D eigenvalue weighted by Gasteiger charge is 2.46. The van der Waals surface area contributed by atoms with Gasteiger partial charge in [0.1, 0.15) is 11.9 Å². The van der Waals surface area contributed by atoms with Crippen LogP contribution in [0.2, 0.25) is 0 Å². The van der Waals surface area contributed by atoms with Crippen molar-refractivity contribution in [2.24, 2.45) is 0 Å². The van der Waals surface area contributed by atoms with Gasteiger partial charge in [-0.3, -0.25) is 9.78 Å². The third kappa shape index (κ3) is 3.22. The molecule has 2 aliphatic rings. The van der Waals surface area contributed by atoms with Crippen molar-refractivity contribution in [1.29, 1.82) is 0 Å². The summed E-state index contributed by atoms with van der Waals surface area (Å²) in [4.78, 5) is 25.5. The van der Waals surface area contributed by atoms with E-state index in [2.05, 4.69) is 14.9 Å². The lowest BCUT2D eigenvalue weighted by Crippen LogP contribution is -2.37. The second-order valence-electron chi connectivity index (χ2n) is 6.65. The van der Waals surface area contributed by atoms with E-state index < -0.39 is 0 Å². The molecule has 0 spiro atoms. The number of ether oxygens (including phenoxy) is 1. The number of carbonyl (C=O) groups is 1. The Morgan fingerprint density at radius 2 is 2.04 bits per heavy atom. The maximum absolute atomic E-state index is 12.8. The third-order valence-electron chi connectivity index (χ3n) is 5.00. The molecule has 0 saturated carbocycles. The van der Waals surface area contributed by atoms with Gasteiger partial charge in [-0.1, -0.05) is 12.1 Å². The molecular formula is C19H22N4O2. The Kier molecular flexibility index (Phi) is 4.36. The number of pyridine rings is 2. The second kappa shape index (κ2) is 6.80. The monoisotopic (exact) mass is 338 g/mol. The third-order valence-corrected chi connectivity index (χ3v) is 5.00. The van der Waals surface area contributed by atoms with Gasteiger partial charge in [0, 0.05) is 32.4 Å². The van der Waals surface area contributed by atoms with Gasteiger partial charge in [-0.05, 0) is 30.7 Å². The van der Waals surface area contributed by atoms with Crippen LogP contribution in [0.3, 0.4) is 0 Å².